The lowest BCUT2D eigenvalue weighted by Gasteiger charge is -2.44. The fourth-order valence-electron chi connectivity index (χ4n) is 6.47. The summed E-state index contributed by atoms with van der Waals surface area (Å²) >= 11 is 0. The van der Waals surface area contributed by atoms with E-state index in [0.717, 1.165) is 43.2 Å². The highest BCUT2D eigenvalue weighted by Gasteiger charge is 2.57. The Kier molecular flexibility index (Phi) is 8.41. The predicted molar refractivity (Wildman–Crippen MR) is 142 cm³/mol. The van der Waals surface area contributed by atoms with Gasteiger partial charge in [0.15, 0.2) is 0 Å². The zero-order valence-corrected chi connectivity index (χ0v) is 22.1. The summed E-state index contributed by atoms with van der Waals surface area (Å²) in [5.74, 6) is -0.454. The van der Waals surface area contributed by atoms with Crippen LogP contribution in [0.2, 0.25) is 6.32 Å². The topological polar surface area (TPSA) is 87.1 Å². The molecule has 6 nitrogen and oxygen atoms in total. The van der Waals surface area contributed by atoms with E-state index in [0.29, 0.717) is 19.3 Å². The first-order valence-corrected chi connectivity index (χ1v) is 13.6. The van der Waals surface area contributed by atoms with Gasteiger partial charge in [-0.1, -0.05) is 63.5 Å². The van der Waals surface area contributed by atoms with Crippen LogP contribution in [0.25, 0.3) is 6.08 Å². The van der Waals surface area contributed by atoms with Crippen LogP contribution in [-0.2, 0) is 14.2 Å². The summed E-state index contributed by atoms with van der Waals surface area (Å²) in [4.78, 5) is 28.1. The Morgan fingerprint density at radius 2 is 1.83 bits per heavy atom. The number of likely N-dealkylation sites (tertiary alicyclic amines) is 1. The number of hydrogen-bond acceptors (Lipinski definition) is 5. The van der Waals surface area contributed by atoms with Crippen molar-refractivity contribution < 1.29 is 24.4 Å². The van der Waals surface area contributed by atoms with E-state index in [2.05, 4.69) is 26.8 Å². The molecule has 0 saturated carbocycles. The van der Waals surface area contributed by atoms with Crippen molar-refractivity contribution >= 4 is 25.0 Å². The summed E-state index contributed by atoms with van der Waals surface area (Å²) in [6.45, 7) is 8.92. The van der Waals surface area contributed by atoms with Gasteiger partial charge in [-0.3, -0.25) is 14.5 Å². The van der Waals surface area contributed by atoms with Gasteiger partial charge in [-0.05, 0) is 73.5 Å². The maximum Gasteiger partial charge on any atom is 0.455 e. The normalized spacial score (nSPS) is 26.7. The highest BCUT2D eigenvalue weighted by Crippen LogP contribution is 2.52. The number of hydrogen-bond donors (Lipinski definition) is 2. The molecule has 1 aliphatic carbocycles. The van der Waals surface area contributed by atoms with E-state index >= 15 is 0 Å². The van der Waals surface area contributed by atoms with Gasteiger partial charge in [-0.2, -0.15) is 0 Å². The van der Waals surface area contributed by atoms with Crippen LogP contribution in [0.3, 0.4) is 0 Å². The van der Waals surface area contributed by atoms with Gasteiger partial charge in [0.1, 0.15) is 5.75 Å². The minimum Gasteiger partial charge on any atom is -0.508 e. The highest BCUT2D eigenvalue weighted by atomic mass is 16.5. The molecule has 194 valence electrons. The van der Waals surface area contributed by atoms with Crippen molar-refractivity contribution in [3.8, 4) is 5.75 Å². The summed E-state index contributed by atoms with van der Waals surface area (Å²) in [6, 6.07) is 7.21. The monoisotopic (exact) mass is 493 g/mol. The second kappa shape index (κ2) is 11.3. The second-order valence-electron chi connectivity index (χ2n) is 10.9. The van der Waals surface area contributed by atoms with Crippen LogP contribution < -0.4 is 0 Å². The number of imide groups is 1. The van der Waals surface area contributed by atoms with Crippen molar-refractivity contribution in [1.29, 1.82) is 0 Å². The number of benzene rings is 1. The zero-order valence-electron chi connectivity index (χ0n) is 22.1. The average molecular weight is 493 g/mol. The lowest BCUT2D eigenvalue weighted by Crippen LogP contribution is -2.46. The highest BCUT2D eigenvalue weighted by molar-refractivity contribution is 6.43. The van der Waals surface area contributed by atoms with Gasteiger partial charge in [0.2, 0.25) is 11.8 Å². The molecule has 0 unspecified atom stereocenters. The van der Waals surface area contributed by atoms with Gasteiger partial charge in [-0.15, -0.1) is 0 Å². The first kappa shape index (κ1) is 26.7. The van der Waals surface area contributed by atoms with Crippen molar-refractivity contribution in [3.63, 3.8) is 0 Å². The quantitative estimate of drug-likeness (QED) is 0.280. The first-order chi connectivity index (χ1) is 17.2. The summed E-state index contributed by atoms with van der Waals surface area (Å²) in [5, 5.41) is 20.3. The molecule has 4 atom stereocenters. The van der Waals surface area contributed by atoms with Crippen LogP contribution in [0, 0.1) is 23.7 Å². The number of carbonyl (C=O) groups excluding carboxylic acids is 2. The molecule has 2 N–H and O–H groups in total. The SMILES string of the molecule is CCC/C(=C\c1ccc(O)cc1)CC[C@H]1OB(O)C[C@H]2C1=C(C(C)C)C[C@H]1C(=O)N(CCC)C(=O)[C@H]12. The lowest BCUT2D eigenvalue weighted by atomic mass is 9.57. The molecule has 2 amide bonds. The number of phenolic OH excluding ortho intramolecular Hbond substituents is 1. The molecule has 4 rings (SSSR count). The van der Waals surface area contributed by atoms with Crippen LogP contribution >= 0.6 is 0 Å². The molecule has 0 bridgehead atoms. The van der Waals surface area contributed by atoms with Crippen molar-refractivity contribution in [3.05, 3.63) is 46.5 Å². The van der Waals surface area contributed by atoms with Gasteiger partial charge in [-0.25, -0.2) is 0 Å². The third kappa shape index (κ3) is 5.33. The van der Waals surface area contributed by atoms with Crippen LogP contribution in [0.4, 0.5) is 0 Å². The van der Waals surface area contributed by atoms with Crippen LogP contribution in [0.5, 0.6) is 5.75 Å². The molecule has 7 heteroatoms. The molecule has 3 aliphatic rings. The molecule has 2 saturated heterocycles. The maximum absolute atomic E-state index is 13.4. The third-order valence-corrected chi connectivity index (χ3v) is 8.04. The van der Waals surface area contributed by atoms with E-state index < -0.39 is 7.12 Å². The summed E-state index contributed by atoms with van der Waals surface area (Å²) < 4.78 is 6.14. The number of phenols is 1. The van der Waals surface area contributed by atoms with Gasteiger partial charge in [0.05, 0.1) is 17.9 Å². The van der Waals surface area contributed by atoms with Crippen LogP contribution in [0.15, 0.2) is 41.0 Å². The van der Waals surface area contributed by atoms with Crippen LogP contribution in [0.1, 0.15) is 71.8 Å². The van der Waals surface area contributed by atoms with Gasteiger partial charge < -0.3 is 14.8 Å². The summed E-state index contributed by atoms with van der Waals surface area (Å²) in [5.41, 5.74) is 4.74. The largest absolute Gasteiger partial charge is 0.508 e. The van der Waals surface area contributed by atoms with E-state index in [1.165, 1.54) is 16.0 Å². The Labute approximate surface area is 215 Å². The first-order valence-electron chi connectivity index (χ1n) is 13.6. The number of rotatable bonds is 9. The summed E-state index contributed by atoms with van der Waals surface area (Å²) in [6.07, 6.45) is 7.16. The van der Waals surface area contributed by atoms with Gasteiger partial charge >= 0.3 is 7.12 Å². The fraction of sp³-hybridized carbons (Fsp3) is 0.586. The number of aromatic hydroxyl groups is 1. The zero-order chi connectivity index (χ0) is 26.0. The van der Waals surface area contributed by atoms with Gasteiger partial charge in [0.25, 0.3) is 0 Å². The van der Waals surface area contributed by atoms with Crippen molar-refractivity contribution in [2.75, 3.05) is 6.54 Å². The van der Waals surface area contributed by atoms with E-state index in [1.54, 1.807) is 12.1 Å². The molecule has 0 radical (unpaired) electrons. The predicted octanol–water partition coefficient (Wildman–Crippen LogP) is 5.22. The molecule has 2 heterocycles. The molecule has 0 aromatic heterocycles. The third-order valence-electron chi connectivity index (χ3n) is 8.04. The van der Waals surface area contributed by atoms with Crippen molar-refractivity contribution in [2.24, 2.45) is 23.7 Å². The molecule has 2 fully saturated rings. The Morgan fingerprint density at radius 1 is 1.11 bits per heavy atom. The minimum absolute atomic E-state index is 0.0383. The lowest BCUT2D eigenvalue weighted by molar-refractivity contribution is -0.140. The fourth-order valence-corrected chi connectivity index (χ4v) is 6.47. The standard InChI is InChI=1S/C29H40BNO5/c1-5-7-19(15-20-8-11-21(32)12-9-20)10-13-25-26-22(18(3)4)16-23-27(24(26)17-30(35)36-25)29(34)31(14-6-2)28(23)33/h8-9,11-12,15,18,23-25,27,32,35H,5-7,10,13-14,16-17H2,1-4H3/b19-15+/t23-,24+,25-,27-/m1/s1. The van der Waals surface area contributed by atoms with E-state index in [4.69, 9.17) is 4.65 Å². The molecule has 36 heavy (non-hydrogen) atoms. The molecular weight excluding hydrogens is 453 g/mol. The van der Waals surface area contributed by atoms with Crippen molar-refractivity contribution in [1.82, 2.24) is 4.90 Å². The Balaban J connectivity index is 1.62. The molecule has 1 aromatic carbocycles. The molecule has 1 aromatic rings. The van der Waals surface area contributed by atoms with Crippen LogP contribution in [-0.4, -0.2) is 46.6 Å². The number of allylic oxidation sites excluding steroid dienone is 2. The van der Waals surface area contributed by atoms with Gasteiger partial charge in [0, 0.05) is 6.54 Å². The van der Waals surface area contributed by atoms with E-state index in [1.807, 2.05) is 19.1 Å². The number of carbonyl (C=O) groups is 2. The Morgan fingerprint density at radius 3 is 2.47 bits per heavy atom. The molecular formula is C29H40BNO5. The Bertz CT molecular complexity index is 1030. The maximum atomic E-state index is 13.4. The average Bonchev–Trinajstić information content (AvgIpc) is 3.08. The smallest absolute Gasteiger partial charge is 0.455 e. The molecule has 0 spiro atoms. The number of amides is 2. The number of nitrogens with zero attached hydrogens (tertiary/aromatic N) is 1. The van der Waals surface area contributed by atoms with E-state index in [-0.39, 0.29) is 47.3 Å². The molecule has 2 aliphatic heterocycles. The Hall–Kier alpha value is -2.38. The summed E-state index contributed by atoms with van der Waals surface area (Å²) in [7, 11) is -0.935. The number of fused-ring (bicyclic) bond motifs is 3. The van der Waals surface area contributed by atoms with Crippen molar-refractivity contribution in [2.45, 2.75) is 78.6 Å². The second-order valence-corrected chi connectivity index (χ2v) is 10.9. The van der Waals surface area contributed by atoms with E-state index in [9.17, 15) is 19.7 Å². The minimum atomic E-state index is -0.935.